The average molecular weight is 248 g/mol. The summed E-state index contributed by atoms with van der Waals surface area (Å²) in [4.78, 5) is 0. The van der Waals surface area contributed by atoms with Crippen LogP contribution in [0.4, 0.5) is 0 Å². The lowest BCUT2D eigenvalue weighted by Crippen LogP contribution is -2.36. The zero-order chi connectivity index (χ0) is 13.2. The fourth-order valence-electron chi connectivity index (χ4n) is 2.66. The van der Waals surface area contributed by atoms with Crippen molar-refractivity contribution in [3.05, 3.63) is 35.4 Å². The molecule has 1 heterocycles. The van der Waals surface area contributed by atoms with Crippen LogP contribution >= 0.6 is 0 Å². The van der Waals surface area contributed by atoms with Crippen molar-refractivity contribution in [1.82, 2.24) is 0 Å². The second-order valence-electron chi connectivity index (χ2n) is 5.68. The highest BCUT2D eigenvalue weighted by atomic mass is 16.5. The average Bonchev–Trinajstić information content (AvgIpc) is 2.38. The molecule has 2 heteroatoms. The van der Waals surface area contributed by atoms with Gasteiger partial charge in [0.2, 0.25) is 0 Å². The molecule has 0 radical (unpaired) electrons. The van der Waals surface area contributed by atoms with Crippen molar-refractivity contribution >= 4 is 0 Å². The maximum atomic E-state index is 10.6. The molecule has 100 valence electrons. The van der Waals surface area contributed by atoms with Gasteiger partial charge in [-0.05, 0) is 30.4 Å². The highest BCUT2D eigenvalue weighted by Crippen LogP contribution is 2.36. The molecule has 18 heavy (non-hydrogen) atoms. The highest BCUT2D eigenvalue weighted by Gasteiger charge is 2.33. The lowest BCUT2D eigenvalue weighted by molar-refractivity contribution is -0.0641. The van der Waals surface area contributed by atoms with Crippen LogP contribution in [0, 0.1) is 5.92 Å². The van der Waals surface area contributed by atoms with E-state index in [-0.39, 0.29) is 12.0 Å². The quantitative estimate of drug-likeness (QED) is 0.884. The molecule has 0 saturated heterocycles. The standard InChI is InChI=1S/C16H24O2/c1-4-12(2)16(3,17)11-15-14-8-6-5-7-13(14)9-10-18-15/h5-8,12,15,17H,4,9-11H2,1-3H3. The Balaban J connectivity index is 2.16. The zero-order valence-electron chi connectivity index (χ0n) is 11.6. The van der Waals surface area contributed by atoms with Crippen molar-refractivity contribution in [3.63, 3.8) is 0 Å². The van der Waals surface area contributed by atoms with Crippen molar-refractivity contribution < 1.29 is 9.84 Å². The van der Waals surface area contributed by atoms with E-state index in [0.29, 0.717) is 6.42 Å². The predicted molar refractivity (Wildman–Crippen MR) is 73.5 cm³/mol. The molecule has 2 rings (SSSR count). The minimum absolute atomic E-state index is 0.0407. The summed E-state index contributed by atoms with van der Waals surface area (Å²) in [7, 11) is 0. The van der Waals surface area contributed by atoms with Gasteiger partial charge in [0.25, 0.3) is 0 Å². The first-order valence-corrected chi connectivity index (χ1v) is 6.96. The number of hydrogen-bond donors (Lipinski definition) is 1. The third kappa shape index (κ3) is 2.76. The molecule has 2 nitrogen and oxygen atoms in total. The van der Waals surface area contributed by atoms with Gasteiger partial charge in [0, 0.05) is 6.42 Å². The van der Waals surface area contributed by atoms with Gasteiger partial charge in [-0.25, -0.2) is 0 Å². The molecule has 3 atom stereocenters. The van der Waals surface area contributed by atoms with Crippen molar-refractivity contribution in [2.45, 2.75) is 51.7 Å². The molecule has 0 fully saturated rings. The maximum Gasteiger partial charge on any atom is 0.0855 e. The Morgan fingerprint density at radius 2 is 2.17 bits per heavy atom. The third-order valence-corrected chi connectivity index (χ3v) is 4.37. The van der Waals surface area contributed by atoms with Crippen LogP contribution < -0.4 is 0 Å². The summed E-state index contributed by atoms with van der Waals surface area (Å²) in [5, 5.41) is 10.6. The molecule has 1 aromatic carbocycles. The van der Waals surface area contributed by atoms with Crippen molar-refractivity contribution in [1.29, 1.82) is 0 Å². The van der Waals surface area contributed by atoms with Gasteiger partial charge < -0.3 is 9.84 Å². The summed E-state index contributed by atoms with van der Waals surface area (Å²) >= 11 is 0. The van der Waals surface area contributed by atoms with Crippen molar-refractivity contribution in [3.8, 4) is 0 Å². The van der Waals surface area contributed by atoms with E-state index < -0.39 is 5.60 Å². The molecule has 0 bridgehead atoms. The molecule has 1 aliphatic heterocycles. The summed E-state index contributed by atoms with van der Waals surface area (Å²) < 4.78 is 5.87. The van der Waals surface area contributed by atoms with E-state index in [1.54, 1.807) is 0 Å². The fourth-order valence-corrected chi connectivity index (χ4v) is 2.66. The minimum Gasteiger partial charge on any atom is -0.390 e. The van der Waals surface area contributed by atoms with Gasteiger partial charge >= 0.3 is 0 Å². The summed E-state index contributed by atoms with van der Waals surface area (Å²) in [6.45, 7) is 6.92. The monoisotopic (exact) mass is 248 g/mol. The third-order valence-electron chi connectivity index (χ3n) is 4.37. The van der Waals surface area contributed by atoms with Gasteiger partial charge in [-0.2, -0.15) is 0 Å². The van der Waals surface area contributed by atoms with Crippen molar-refractivity contribution in [2.75, 3.05) is 6.61 Å². The number of ether oxygens (including phenoxy) is 1. The largest absolute Gasteiger partial charge is 0.390 e. The van der Waals surface area contributed by atoms with Gasteiger partial charge in [0.15, 0.2) is 0 Å². The van der Waals surface area contributed by atoms with Gasteiger partial charge in [-0.3, -0.25) is 0 Å². The van der Waals surface area contributed by atoms with Gasteiger partial charge in [0.05, 0.1) is 18.3 Å². The number of hydrogen-bond acceptors (Lipinski definition) is 2. The van der Waals surface area contributed by atoms with Crippen LogP contribution in [0.5, 0.6) is 0 Å². The van der Waals surface area contributed by atoms with E-state index in [9.17, 15) is 5.11 Å². The molecular formula is C16H24O2. The Hall–Kier alpha value is -0.860. The molecule has 3 unspecified atom stereocenters. The Morgan fingerprint density at radius 3 is 2.89 bits per heavy atom. The molecule has 0 saturated carbocycles. The Kier molecular flexibility index (Phi) is 4.08. The highest BCUT2D eigenvalue weighted by molar-refractivity contribution is 5.31. The number of fused-ring (bicyclic) bond motifs is 1. The summed E-state index contributed by atoms with van der Waals surface area (Å²) in [6.07, 6.45) is 2.69. The Morgan fingerprint density at radius 1 is 1.44 bits per heavy atom. The molecule has 1 N–H and O–H groups in total. The molecule has 0 aromatic heterocycles. The molecule has 0 amide bonds. The van der Waals surface area contributed by atoms with Crippen LogP contribution in [0.15, 0.2) is 24.3 Å². The second-order valence-corrected chi connectivity index (χ2v) is 5.68. The van der Waals surface area contributed by atoms with Crippen molar-refractivity contribution in [2.24, 2.45) is 5.92 Å². The second kappa shape index (κ2) is 5.41. The molecule has 1 aliphatic rings. The van der Waals surface area contributed by atoms with E-state index in [4.69, 9.17) is 4.74 Å². The topological polar surface area (TPSA) is 29.5 Å². The summed E-state index contributed by atoms with van der Waals surface area (Å²) in [5.74, 6) is 0.287. The zero-order valence-corrected chi connectivity index (χ0v) is 11.6. The number of aliphatic hydroxyl groups is 1. The van der Waals surface area contributed by atoms with Gasteiger partial charge in [-0.1, -0.05) is 44.5 Å². The molecule has 0 spiro atoms. The van der Waals surface area contributed by atoms with Crippen LogP contribution in [-0.4, -0.2) is 17.3 Å². The smallest absolute Gasteiger partial charge is 0.0855 e. The van der Waals surface area contributed by atoms with E-state index in [1.165, 1.54) is 11.1 Å². The van der Waals surface area contributed by atoms with Gasteiger partial charge in [0.1, 0.15) is 0 Å². The van der Waals surface area contributed by atoms with Gasteiger partial charge in [-0.15, -0.1) is 0 Å². The van der Waals surface area contributed by atoms with Crippen LogP contribution in [0.25, 0.3) is 0 Å². The Bertz CT molecular complexity index is 398. The number of benzene rings is 1. The maximum absolute atomic E-state index is 10.6. The van der Waals surface area contributed by atoms with Crippen LogP contribution in [0.1, 0.15) is 50.8 Å². The first kappa shape index (κ1) is 13.6. The van der Waals surface area contributed by atoms with E-state index in [0.717, 1.165) is 19.4 Å². The predicted octanol–water partition coefficient (Wildman–Crippen LogP) is 3.49. The van der Waals surface area contributed by atoms with E-state index >= 15 is 0 Å². The molecular weight excluding hydrogens is 224 g/mol. The molecule has 0 aliphatic carbocycles. The van der Waals surface area contributed by atoms with Crippen LogP contribution in [-0.2, 0) is 11.2 Å². The van der Waals surface area contributed by atoms with E-state index in [1.807, 2.05) is 6.92 Å². The van der Waals surface area contributed by atoms with E-state index in [2.05, 4.69) is 38.1 Å². The summed E-state index contributed by atoms with van der Waals surface area (Å²) in [5.41, 5.74) is 1.96. The first-order chi connectivity index (χ1) is 8.54. The first-order valence-electron chi connectivity index (χ1n) is 6.96. The normalized spacial score (nSPS) is 24.1. The minimum atomic E-state index is -0.663. The number of rotatable bonds is 4. The summed E-state index contributed by atoms with van der Waals surface area (Å²) in [6, 6.07) is 8.43. The SMILES string of the molecule is CCC(C)C(C)(O)CC1OCCc2ccccc21. The Labute approximate surface area is 110 Å². The lowest BCUT2D eigenvalue weighted by Gasteiger charge is -2.35. The van der Waals surface area contributed by atoms with Crippen LogP contribution in [0.3, 0.4) is 0 Å². The van der Waals surface area contributed by atoms with Crippen LogP contribution in [0.2, 0.25) is 0 Å². The fraction of sp³-hybridized carbons (Fsp3) is 0.625. The lowest BCUT2D eigenvalue weighted by atomic mass is 9.81. The molecule has 1 aromatic rings.